The normalized spacial score (nSPS) is 13.4. The fraction of sp³-hybridized carbons (Fsp3) is 0.152. The molecule has 0 spiro atoms. The van der Waals surface area contributed by atoms with Crippen molar-refractivity contribution in [1.82, 2.24) is 10.6 Å². The number of amidine groups is 2. The summed E-state index contributed by atoms with van der Waals surface area (Å²) in [6.45, 7) is 3.18. The Morgan fingerprint density at radius 1 is 0.568 bits per heavy atom. The van der Waals surface area contributed by atoms with Crippen LogP contribution < -0.4 is 31.9 Å². The molecule has 0 saturated heterocycles. The maximum Gasteiger partial charge on any atom is 0.323 e. The number of aliphatic imine (C=N–C) groups is 2. The maximum atomic E-state index is 12.6. The molecule has 10 nitrogen and oxygen atoms in total. The van der Waals surface area contributed by atoms with Gasteiger partial charge in [-0.3, -0.25) is 9.98 Å². The van der Waals surface area contributed by atoms with Crippen LogP contribution in [-0.4, -0.2) is 49.9 Å². The van der Waals surface area contributed by atoms with Gasteiger partial charge < -0.3 is 31.9 Å². The van der Waals surface area contributed by atoms with Crippen molar-refractivity contribution in [2.45, 2.75) is 6.42 Å². The first-order chi connectivity index (χ1) is 21.1. The number of hydrogen-bond acceptors (Lipinski definition) is 6. The number of carbonyl (C=O) groups excluding carboxylic acids is 2. The second kappa shape index (κ2) is 14.2. The van der Waals surface area contributed by atoms with Crippen LogP contribution >= 0.6 is 12.4 Å². The highest BCUT2D eigenvalue weighted by molar-refractivity contribution is 6.04. The minimum Gasteiger partial charge on any atom is -0.368 e. The number of anilines is 4. The standard InChI is InChI=1S/C33H32N8O2.ClH/c42-32(40-28-5-1-3-24(20-28)30-34-15-16-35-30)38-26-11-7-22(8-12-26)19-23-9-13-27(14-10-23)39-33(43)41-29-6-2-4-25(21-29)31-36-17-18-37-31;/h1-14,20-21H,15-19H2,(H,34,35)(H,36,37)(H2,38,40,42)(H2,39,41,43);1H. The number of urea groups is 2. The lowest BCUT2D eigenvalue weighted by atomic mass is 10.0. The summed E-state index contributed by atoms with van der Waals surface area (Å²) in [5.41, 5.74) is 6.87. The first-order valence-corrected chi connectivity index (χ1v) is 14.2. The monoisotopic (exact) mass is 608 g/mol. The third-order valence-corrected chi connectivity index (χ3v) is 6.97. The van der Waals surface area contributed by atoms with Crippen LogP contribution in [0.15, 0.2) is 107 Å². The summed E-state index contributed by atoms with van der Waals surface area (Å²) in [6, 6.07) is 30.1. The van der Waals surface area contributed by atoms with Gasteiger partial charge in [-0.25, -0.2) is 9.59 Å². The molecule has 44 heavy (non-hydrogen) atoms. The molecule has 4 aromatic carbocycles. The Balaban J connectivity index is 0.00000384. The molecule has 6 N–H and O–H groups in total. The lowest BCUT2D eigenvalue weighted by Gasteiger charge is -2.11. The number of rotatable bonds is 8. The van der Waals surface area contributed by atoms with E-state index in [1.807, 2.05) is 97.1 Å². The zero-order valence-electron chi connectivity index (χ0n) is 23.9. The van der Waals surface area contributed by atoms with E-state index in [2.05, 4.69) is 41.9 Å². The number of hydrogen-bond donors (Lipinski definition) is 6. The summed E-state index contributed by atoms with van der Waals surface area (Å²) in [5, 5.41) is 18.0. The predicted octanol–water partition coefficient (Wildman–Crippen LogP) is 5.69. The summed E-state index contributed by atoms with van der Waals surface area (Å²) >= 11 is 0. The van der Waals surface area contributed by atoms with Crippen molar-refractivity contribution in [2.24, 2.45) is 9.98 Å². The highest BCUT2D eigenvalue weighted by atomic mass is 35.5. The van der Waals surface area contributed by atoms with Crippen LogP contribution in [0.5, 0.6) is 0 Å². The van der Waals surface area contributed by atoms with Crippen LogP contribution in [0, 0.1) is 0 Å². The van der Waals surface area contributed by atoms with E-state index in [1.54, 1.807) is 0 Å². The molecule has 0 unspecified atom stereocenters. The Bertz CT molecular complexity index is 1560. The Kier molecular flexibility index (Phi) is 9.73. The minimum absolute atomic E-state index is 0. The number of nitrogens with zero attached hydrogens (tertiary/aromatic N) is 2. The van der Waals surface area contributed by atoms with E-state index in [1.165, 1.54) is 0 Å². The number of nitrogens with one attached hydrogen (secondary N) is 6. The lowest BCUT2D eigenvalue weighted by Crippen LogP contribution is -2.21. The second-order valence-electron chi connectivity index (χ2n) is 10.2. The van der Waals surface area contributed by atoms with Gasteiger partial charge in [-0.2, -0.15) is 0 Å². The van der Waals surface area contributed by atoms with Gasteiger partial charge in [0, 0.05) is 47.0 Å². The van der Waals surface area contributed by atoms with Crippen LogP contribution in [0.3, 0.4) is 0 Å². The second-order valence-corrected chi connectivity index (χ2v) is 10.2. The van der Waals surface area contributed by atoms with Gasteiger partial charge in [0.25, 0.3) is 0 Å². The molecular formula is C33H33ClN8O2. The number of halogens is 1. The number of carbonyl (C=O) groups is 2. The van der Waals surface area contributed by atoms with Crippen LogP contribution in [0.4, 0.5) is 32.3 Å². The summed E-state index contributed by atoms with van der Waals surface area (Å²) < 4.78 is 0. The molecular weight excluding hydrogens is 576 g/mol. The topological polar surface area (TPSA) is 131 Å². The molecule has 0 saturated carbocycles. The van der Waals surface area contributed by atoms with Gasteiger partial charge in [-0.15, -0.1) is 12.4 Å². The molecule has 0 bridgehead atoms. The van der Waals surface area contributed by atoms with E-state index < -0.39 is 0 Å². The molecule has 4 amide bonds. The molecule has 0 radical (unpaired) electrons. The van der Waals surface area contributed by atoms with Crippen molar-refractivity contribution in [1.29, 1.82) is 0 Å². The van der Waals surface area contributed by atoms with Crippen LogP contribution in [0.1, 0.15) is 22.3 Å². The predicted molar refractivity (Wildman–Crippen MR) is 180 cm³/mol. The van der Waals surface area contributed by atoms with E-state index >= 15 is 0 Å². The molecule has 224 valence electrons. The highest BCUT2D eigenvalue weighted by Gasteiger charge is 2.11. The molecule has 0 atom stereocenters. The van der Waals surface area contributed by atoms with Crippen molar-refractivity contribution >= 4 is 58.9 Å². The van der Waals surface area contributed by atoms with Gasteiger partial charge in [0.2, 0.25) is 0 Å². The first-order valence-electron chi connectivity index (χ1n) is 14.2. The third kappa shape index (κ3) is 7.93. The molecule has 2 heterocycles. The Morgan fingerprint density at radius 2 is 0.977 bits per heavy atom. The highest BCUT2D eigenvalue weighted by Crippen LogP contribution is 2.18. The smallest absolute Gasteiger partial charge is 0.323 e. The molecule has 0 fully saturated rings. The Hall–Kier alpha value is -5.35. The van der Waals surface area contributed by atoms with Crippen LogP contribution in [0.25, 0.3) is 0 Å². The average Bonchev–Trinajstić information content (AvgIpc) is 3.75. The van der Waals surface area contributed by atoms with Gasteiger partial charge in [0.05, 0.1) is 13.1 Å². The summed E-state index contributed by atoms with van der Waals surface area (Å²) in [4.78, 5) is 34.0. The fourth-order valence-electron chi connectivity index (χ4n) is 4.91. The molecule has 2 aliphatic rings. The fourth-order valence-corrected chi connectivity index (χ4v) is 4.91. The zero-order valence-corrected chi connectivity index (χ0v) is 24.7. The Morgan fingerprint density at radius 3 is 1.36 bits per heavy atom. The summed E-state index contributed by atoms with van der Waals surface area (Å²) in [7, 11) is 0. The largest absolute Gasteiger partial charge is 0.368 e. The van der Waals surface area contributed by atoms with E-state index in [0.29, 0.717) is 29.2 Å². The Labute approximate surface area is 261 Å². The van der Waals surface area contributed by atoms with Crippen molar-refractivity contribution in [3.8, 4) is 0 Å². The van der Waals surface area contributed by atoms with Crippen molar-refractivity contribution in [2.75, 3.05) is 47.4 Å². The molecule has 4 aromatic rings. The van der Waals surface area contributed by atoms with E-state index in [9.17, 15) is 9.59 Å². The molecule has 0 aliphatic carbocycles. The quantitative estimate of drug-likeness (QED) is 0.153. The van der Waals surface area contributed by atoms with Gasteiger partial charge in [0.15, 0.2) is 0 Å². The van der Waals surface area contributed by atoms with Gasteiger partial charge in [0.1, 0.15) is 11.7 Å². The lowest BCUT2D eigenvalue weighted by molar-refractivity contribution is 0.261. The zero-order chi connectivity index (χ0) is 29.4. The van der Waals surface area contributed by atoms with Crippen LogP contribution in [-0.2, 0) is 6.42 Å². The molecule has 2 aliphatic heterocycles. The van der Waals surface area contributed by atoms with E-state index in [4.69, 9.17) is 0 Å². The maximum absolute atomic E-state index is 12.6. The van der Waals surface area contributed by atoms with E-state index in [-0.39, 0.29) is 24.5 Å². The van der Waals surface area contributed by atoms with Crippen molar-refractivity contribution in [3.05, 3.63) is 119 Å². The summed E-state index contributed by atoms with van der Waals surface area (Å²) in [5.74, 6) is 1.70. The number of amides is 4. The van der Waals surface area contributed by atoms with Gasteiger partial charge >= 0.3 is 12.1 Å². The molecule has 11 heteroatoms. The third-order valence-electron chi connectivity index (χ3n) is 6.97. The minimum atomic E-state index is -0.314. The average molecular weight is 609 g/mol. The summed E-state index contributed by atoms with van der Waals surface area (Å²) in [6.07, 6.45) is 0.717. The van der Waals surface area contributed by atoms with Gasteiger partial charge in [-0.05, 0) is 66.1 Å². The van der Waals surface area contributed by atoms with Gasteiger partial charge in [-0.1, -0.05) is 48.5 Å². The number of benzene rings is 4. The van der Waals surface area contributed by atoms with Crippen molar-refractivity contribution in [3.63, 3.8) is 0 Å². The van der Waals surface area contributed by atoms with E-state index in [0.717, 1.165) is 60.1 Å². The first kappa shape index (κ1) is 30.1. The molecule has 6 rings (SSSR count). The molecule has 0 aromatic heterocycles. The SMILES string of the molecule is Cl.O=C(Nc1ccc(Cc2ccc(NC(=O)Nc3cccc(C4=NCCN4)c3)cc2)cc1)Nc1cccc(C2=NCCN2)c1. The van der Waals surface area contributed by atoms with Crippen LogP contribution in [0.2, 0.25) is 0 Å². The van der Waals surface area contributed by atoms with Crippen molar-refractivity contribution < 1.29 is 9.59 Å².